The maximum absolute atomic E-state index is 4.49. The minimum atomic E-state index is 0.673. The number of anilines is 1. The molecule has 1 aliphatic rings. The summed E-state index contributed by atoms with van der Waals surface area (Å²) in [6.45, 7) is 4.59. The van der Waals surface area contributed by atoms with Gasteiger partial charge in [0.25, 0.3) is 0 Å². The number of benzene rings is 1. The minimum absolute atomic E-state index is 0.673. The van der Waals surface area contributed by atoms with Crippen molar-refractivity contribution in [2.24, 2.45) is 0 Å². The molecule has 4 rings (SSSR count). The van der Waals surface area contributed by atoms with Gasteiger partial charge in [-0.15, -0.1) is 15.0 Å². The molecule has 0 unspecified atom stereocenters. The third-order valence-corrected chi connectivity index (χ3v) is 4.16. The van der Waals surface area contributed by atoms with Crippen LogP contribution < -0.4 is 9.80 Å². The van der Waals surface area contributed by atoms with Gasteiger partial charge in [-0.3, -0.25) is 0 Å². The second-order valence-electron chi connectivity index (χ2n) is 5.80. The highest BCUT2D eigenvalue weighted by atomic mass is 15.6. The van der Waals surface area contributed by atoms with Crippen molar-refractivity contribution >= 4 is 5.95 Å². The molecule has 122 valence electrons. The first-order valence-corrected chi connectivity index (χ1v) is 8.07. The van der Waals surface area contributed by atoms with Crippen LogP contribution in [0.3, 0.4) is 0 Å². The average Bonchev–Trinajstić information content (AvgIpc) is 3.12. The van der Waals surface area contributed by atoms with Crippen molar-refractivity contribution in [1.29, 1.82) is 0 Å². The fourth-order valence-corrected chi connectivity index (χ4v) is 2.85. The van der Waals surface area contributed by atoms with E-state index >= 15 is 0 Å². The van der Waals surface area contributed by atoms with E-state index in [2.05, 4.69) is 30.3 Å². The lowest BCUT2D eigenvalue weighted by molar-refractivity contribution is -0.924. The van der Waals surface area contributed by atoms with Gasteiger partial charge in [0.05, 0.1) is 26.2 Å². The summed E-state index contributed by atoms with van der Waals surface area (Å²) in [6.07, 6.45) is 3.57. The fourth-order valence-electron chi connectivity index (χ4n) is 2.85. The van der Waals surface area contributed by atoms with Gasteiger partial charge in [-0.1, -0.05) is 30.3 Å². The minimum Gasteiger partial charge on any atom is -0.330 e. The molecule has 1 saturated heterocycles. The lowest BCUT2D eigenvalue weighted by atomic mass is 10.2. The summed E-state index contributed by atoms with van der Waals surface area (Å²) in [5, 5.41) is 12.8. The van der Waals surface area contributed by atoms with Crippen LogP contribution in [0.25, 0.3) is 11.4 Å². The molecule has 0 spiro atoms. The molecule has 0 aliphatic carbocycles. The van der Waals surface area contributed by atoms with Gasteiger partial charge in [-0.2, -0.15) is 0 Å². The Labute approximate surface area is 139 Å². The molecule has 0 radical (unpaired) electrons. The highest BCUT2D eigenvalue weighted by Crippen LogP contribution is 2.11. The number of aromatic nitrogens is 6. The highest BCUT2D eigenvalue weighted by Gasteiger charge is 2.22. The van der Waals surface area contributed by atoms with Gasteiger partial charge in [0.1, 0.15) is 0 Å². The van der Waals surface area contributed by atoms with E-state index in [0.717, 1.165) is 44.4 Å². The maximum Gasteiger partial charge on any atom is 0.225 e. The lowest BCUT2D eigenvalue weighted by Crippen LogP contribution is -3.14. The van der Waals surface area contributed by atoms with E-state index in [4.69, 9.17) is 0 Å². The van der Waals surface area contributed by atoms with Crippen LogP contribution in [0.1, 0.15) is 0 Å². The zero-order chi connectivity index (χ0) is 16.2. The van der Waals surface area contributed by atoms with Crippen LogP contribution >= 0.6 is 0 Å². The second-order valence-corrected chi connectivity index (χ2v) is 5.80. The number of piperazine rings is 1. The van der Waals surface area contributed by atoms with Crippen molar-refractivity contribution in [3.8, 4) is 11.4 Å². The van der Waals surface area contributed by atoms with Crippen molar-refractivity contribution < 1.29 is 4.90 Å². The molecule has 24 heavy (non-hydrogen) atoms. The SMILES string of the molecule is c1ccc(-c2nnn(C[NH+]3CCN(c4ncccn4)CC3)n2)cc1. The standard InChI is InChI=1S/C16H18N8/c1-2-5-14(6-3-1)15-19-21-24(20-15)13-22-9-11-23(12-10-22)16-17-7-4-8-18-16/h1-8H,9-13H2/p+1. The lowest BCUT2D eigenvalue weighted by Gasteiger charge is -2.31. The molecule has 3 aromatic rings. The molecule has 1 N–H and O–H groups in total. The van der Waals surface area contributed by atoms with Crippen LogP contribution in [0.2, 0.25) is 0 Å². The normalized spacial score (nSPS) is 15.6. The summed E-state index contributed by atoms with van der Waals surface area (Å²) in [4.78, 5) is 14.0. The molecule has 0 bridgehead atoms. The van der Waals surface area contributed by atoms with Gasteiger partial charge < -0.3 is 9.80 Å². The second kappa shape index (κ2) is 6.71. The predicted octanol–water partition coefficient (Wildman–Crippen LogP) is -0.507. The van der Waals surface area contributed by atoms with E-state index in [9.17, 15) is 0 Å². The zero-order valence-electron chi connectivity index (χ0n) is 13.3. The van der Waals surface area contributed by atoms with Crippen LogP contribution in [-0.2, 0) is 6.67 Å². The summed E-state index contributed by atoms with van der Waals surface area (Å²) in [5.74, 6) is 1.48. The van der Waals surface area contributed by atoms with Crippen LogP contribution in [0.15, 0.2) is 48.8 Å². The van der Waals surface area contributed by atoms with Crippen molar-refractivity contribution in [3.63, 3.8) is 0 Å². The van der Waals surface area contributed by atoms with Gasteiger partial charge in [-0.25, -0.2) is 9.97 Å². The van der Waals surface area contributed by atoms with E-state index in [1.165, 1.54) is 4.90 Å². The Kier molecular flexibility index (Phi) is 4.11. The van der Waals surface area contributed by atoms with E-state index in [1.54, 1.807) is 17.2 Å². The van der Waals surface area contributed by atoms with Gasteiger partial charge in [0, 0.05) is 18.0 Å². The Hall–Kier alpha value is -2.87. The van der Waals surface area contributed by atoms with Gasteiger partial charge in [0.2, 0.25) is 11.8 Å². The molecule has 8 nitrogen and oxygen atoms in total. The predicted molar refractivity (Wildman–Crippen MR) is 88.2 cm³/mol. The zero-order valence-corrected chi connectivity index (χ0v) is 13.3. The molecule has 0 amide bonds. The van der Waals surface area contributed by atoms with Crippen molar-refractivity contribution in [2.45, 2.75) is 6.67 Å². The Morgan fingerprint density at radius 3 is 2.46 bits per heavy atom. The Bertz CT molecular complexity index is 765. The number of hydrogen-bond donors (Lipinski definition) is 1. The van der Waals surface area contributed by atoms with Gasteiger partial charge in [-0.05, 0) is 11.3 Å². The smallest absolute Gasteiger partial charge is 0.225 e. The maximum atomic E-state index is 4.49. The van der Waals surface area contributed by atoms with Crippen molar-refractivity contribution in [2.75, 3.05) is 31.1 Å². The number of nitrogens with zero attached hydrogens (tertiary/aromatic N) is 7. The quantitative estimate of drug-likeness (QED) is 0.697. The average molecular weight is 323 g/mol. The topological polar surface area (TPSA) is 77.1 Å². The monoisotopic (exact) mass is 323 g/mol. The van der Waals surface area contributed by atoms with E-state index in [0.29, 0.717) is 5.82 Å². The molecule has 0 atom stereocenters. The van der Waals surface area contributed by atoms with Crippen LogP contribution in [0.4, 0.5) is 5.95 Å². The number of tetrazole rings is 1. The van der Waals surface area contributed by atoms with Gasteiger partial charge in [0.15, 0.2) is 6.67 Å². The Morgan fingerprint density at radius 1 is 0.958 bits per heavy atom. The summed E-state index contributed by atoms with van der Waals surface area (Å²) in [7, 11) is 0. The molecule has 1 aromatic carbocycles. The number of nitrogens with one attached hydrogen (secondary N) is 1. The molecular formula is C16H19N8+. The van der Waals surface area contributed by atoms with Crippen LogP contribution in [0.5, 0.6) is 0 Å². The summed E-state index contributed by atoms with van der Waals surface area (Å²) < 4.78 is 0. The molecule has 1 aliphatic heterocycles. The summed E-state index contributed by atoms with van der Waals surface area (Å²) in [6, 6.07) is 11.8. The number of hydrogen-bond acceptors (Lipinski definition) is 6. The van der Waals surface area contributed by atoms with E-state index < -0.39 is 0 Å². The third-order valence-electron chi connectivity index (χ3n) is 4.16. The Balaban J connectivity index is 1.35. The van der Waals surface area contributed by atoms with Crippen LogP contribution in [0, 0.1) is 0 Å². The van der Waals surface area contributed by atoms with E-state index in [-0.39, 0.29) is 0 Å². The highest BCUT2D eigenvalue weighted by molar-refractivity contribution is 5.52. The Morgan fingerprint density at radius 2 is 1.71 bits per heavy atom. The van der Waals surface area contributed by atoms with Crippen LogP contribution in [-0.4, -0.2) is 56.4 Å². The van der Waals surface area contributed by atoms with E-state index in [1.807, 2.05) is 36.4 Å². The third kappa shape index (κ3) is 3.23. The molecular weight excluding hydrogens is 304 g/mol. The number of quaternary nitrogens is 1. The molecule has 0 saturated carbocycles. The first-order valence-electron chi connectivity index (χ1n) is 8.07. The number of rotatable bonds is 4. The first-order chi connectivity index (χ1) is 11.9. The fraction of sp³-hybridized carbons (Fsp3) is 0.312. The first kappa shape index (κ1) is 14.7. The molecule has 2 aromatic heterocycles. The summed E-state index contributed by atoms with van der Waals surface area (Å²) >= 11 is 0. The largest absolute Gasteiger partial charge is 0.330 e. The molecule has 8 heteroatoms. The molecule has 1 fully saturated rings. The molecule has 3 heterocycles. The van der Waals surface area contributed by atoms with Crippen molar-refractivity contribution in [3.05, 3.63) is 48.8 Å². The summed E-state index contributed by atoms with van der Waals surface area (Å²) in [5.41, 5.74) is 0.991. The van der Waals surface area contributed by atoms with Crippen molar-refractivity contribution in [1.82, 2.24) is 30.2 Å². The van der Waals surface area contributed by atoms with Gasteiger partial charge >= 0.3 is 0 Å².